The molecular formula is C24H28O7. The fourth-order valence-electron chi connectivity index (χ4n) is 2.51. The van der Waals surface area contributed by atoms with E-state index in [4.69, 9.17) is 24.0 Å². The van der Waals surface area contributed by atoms with Crippen LogP contribution in [0.4, 0.5) is 0 Å². The first-order chi connectivity index (χ1) is 15.2. The maximum absolute atomic E-state index is 12.3. The van der Waals surface area contributed by atoms with Gasteiger partial charge in [0.2, 0.25) is 6.79 Å². The van der Waals surface area contributed by atoms with Gasteiger partial charge < -0.3 is 14.2 Å². The summed E-state index contributed by atoms with van der Waals surface area (Å²) in [6.45, 7) is 5.34. The number of allylic oxidation sites excluding steroid dienone is 1. The molecule has 0 aromatic heterocycles. The van der Waals surface area contributed by atoms with Gasteiger partial charge in [0, 0.05) is 24.2 Å². The Balaban J connectivity index is 1.46. The molecule has 0 fully saturated rings. The third-order valence-electron chi connectivity index (χ3n) is 4.13. The van der Waals surface area contributed by atoms with Crippen LogP contribution >= 0.6 is 0 Å². The maximum atomic E-state index is 12.3. The Morgan fingerprint density at radius 1 is 0.774 bits per heavy atom. The van der Waals surface area contributed by atoms with Crippen molar-refractivity contribution in [2.75, 3.05) is 39.8 Å². The molecule has 0 saturated heterocycles. The van der Waals surface area contributed by atoms with Gasteiger partial charge in [-0.05, 0) is 36.8 Å². The summed E-state index contributed by atoms with van der Waals surface area (Å²) in [4.78, 5) is 33.3. The molecular weight excluding hydrogens is 400 g/mol. The summed E-state index contributed by atoms with van der Waals surface area (Å²) in [6, 6.07) is 15.9. The van der Waals surface area contributed by atoms with E-state index in [1.807, 2.05) is 18.2 Å². The van der Waals surface area contributed by atoms with Crippen LogP contribution in [0.1, 0.15) is 28.8 Å². The molecule has 0 N–H and O–H groups in total. The van der Waals surface area contributed by atoms with Gasteiger partial charge in [0.1, 0.15) is 12.4 Å². The van der Waals surface area contributed by atoms with E-state index < -0.39 is 0 Å². The zero-order valence-electron chi connectivity index (χ0n) is 17.5. The number of rotatable bonds is 17. The molecule has 2 rings (SSSR count). The van der Waals surface area contributed by atoms with Crippen molar-refractivity contribution in [3.63, 3.8) is 0 Å². The second-order valence-electron chi connectivity index (χ2n) is 6.42. The van der Waals surface area contributed by atoms with Gasteiger partial charge in [0.15, 0.2) is 11.6 Å². The minimum Gasteiger partial charge on any atom is -0.465 e. The first-order valence-corrected chi connectivity index (χ1v) is 10.1. The molecule has 2 aromatic rings. The van der Waals surface area contributed by atoms with Crippen LogP contribution in [-0.2, 0) is 24.0 Å². The standard InChI is InChI=1S/C24H28O7/c1-2-22(25)9-6-14-27-15-16-28-17-18-30-31-19-29-23-12-10-21(11-13-23)24(26)20-7-4-3-5-8-20/h2-5,7-8,10-13H,1,6,9,14-19H2. The van der Waals surface area contributed by atoms with E-state index in [0.29, 0.717) is 56.1 Å². The van der Waals surface area contributed by atoms with Crippen molar-refractivity contribution in [2.24, 2.45) is 0 Å². The van der Waals surface area contributed by atoms with Crippen LogP contribution in [-0.4, -0.2) is 51.4 Å². The van der Waals surface area contributed by atoms with Crippen molar-refractivity contribution in [1.29, 1.82) is 0 Å². The fraction of sp³-hybridized carbons (Fsp3) is 0.333. The molecule has 0 amide bonds. The molecule has 31 heavy (non-hydrogen) atoms. The van der Waals surface area contributed by atoms with Crippen LogP contribution in [0.3, 0.4) is 0 Å². The van der Waals surface area contributed by atoms with Gasteiger partial charge in [-0.25, -0.2) is 4.89 Å². The van der Waals surface area contributed by atoms with Crippen molar-refractivity contribution in [3.05, 3.63) is 78.4 Å². The molecule has 0 bridgehead atoms. The average molecular weight is 428 g/mol. The number of hydrogen-bond donors (Lipinski definition) is 0. The highest BCUT2D eigenvalue weighted by molar-refractivity contribution is 6.08. The van der Waals surface area contributed by atoms with Gasteiger partial charge in [-0.1, -0.05) is 36.9 Å². The summed E-state index contributed by atoms with van der Waals surface area (Å²) in [5.41, 5.74) is 1.23. The number of carbonyl (C=O) groups excluding carboxylic acids is 2. The Labute approximate surface area is 182 Å². The lowest BCUT2D eigenvalue weighted by Crippen LogP contribution is -2.11. The van der Waals surface area contributed by atoms with E-state index in [0.717, 1.165) is 0 Å². The molecule has 2 aromatic carbocycles. The molecule has 0 radical (unpaired) electrons. The number of hydrogen-bond acceptors (Lipinski definition) is 7. The molecule has 166 valence electrons. The minimum absolute atomic E-state index is 0.0242. The fourth-order valence-corrected chi connectivity index (χ4v) is 2.51. The number of ether oxygens (including phenoxy) is 3. The van der Waals surface area contributed by atoms with Gasteiger partial charge in [-0.2, -0.15) is 4.89 Å². The molecule has 0 spiro atoms. The van der Waals surface area contributed by atoms with Crippen molar-refractivity contribution in [1.82, 2.24) is 0 Å². The van der Waals surface area contributed by atoms with E-state index in [1.54, 1.807) is 36.4 Å². The molecule has 0 heterocycles. The second-order valence-corrected chi connectivity index (χ2v) is 6.42. The molecule has 0 atom stereocenters. The first-order valence-electron chi connectivity index (χ1n) is 10.1. The molecule has 7 heteroatoms. The van der Waals surface area contributed by atoms with E-state index >= 15 is 0 Å². The first kappa shape index (κ1) is 24.4. The maximum Gasteiger partial charge on any atom is 0.221 e. The van der Waals surface area contributed by atoms with E-state index in [9.17, 15) is 9.59 Å². The Hall–Kier alpha value is -2.84. The highest BCUT2D eigenvalue weighted by Gasteiger charge is 2.08. The molecule has 0 aliphatic rings. The van der Waals surface area contributed by atoms with Gasteiger partial charge in [0.25, 0.3) is 0 Å². The molecule has 0 unspecified atom stereocenters. The van der Waals surface area contributed by atoms with Crippen LogP contribution in [0.15, 0.2) is 67.3 Å². The largest absolute Gasteiger partial charge is 0.465 e. The average Bonchev–Trinajstić information content (AvgIpc) is 2.82. The van der Waals surface area contributed by atoms with E-state index in [1.165, 1.54) is 6.08 Å². The van der Waals surface area contributed by atoms with E-state index in [2.05, 4.69) is 6.58 Å². The van der Waals surface area contributed by atoms with Crippen molar-refractivity contribution in [3.8, 4) is 5.75 Å². The zero-order valence-corrected chi connectivity index (χ0v) is 17.5. The predicted molar refractivity (Wildman–Crippen MR) is 115 cm³/mol. The Morgan fingerprint density at radius 3 is 2.13 bits per heavy atom. The smallest absolute Gasteiger partial charge is 0.221 e. The lowest BCUT2D eigenvalue weighted by molar-refractivity contribution is -0.326. The van der Waals surface area contributed by atoms with Gasteiger partial charge in [0.05, 0.1) is 19.8 Å². The van der Waals surface area contributed by atoms with Gasteiger partial charge >= 0.3 is 0 Å². The third kappa shape index (κ3) is 10.1. The molecule has 0 aliphatic carbocycles. The lowest BCUT2D eigenvalue weighted by atomic mass is 10.0. The minimum atomic E-state index is -0.0848. The van der Waals surface area contributed by atoms with Crippen molar-refractivity contribution >= 4 is 11.6 Å². The van der Waals surface area contributed by atoms with Crippen LogP contribution in [0.5, 0.6) is 5.75 Å². The third-order valence-corrected chi connectivity index (χ3v) is 4.13. The van der Waals surface area contributed by atoms with Crippen LogP contribution < -0.4 is 4.74 Å². The normalized spacial score (nSPS) is 10.6. The summed E-state index contributed by atoms with van der Waals surface area (Å²) >= 11 is 0. The van der Waals surface area contributed by atoms with Crippen molar-refractivity contribution < 1.29 is 33.6 Å². The quantitative estimate of drug-likeness (QED) is 0.0947. The highest BCUT2D eigenvalue weighted by Crippen LogP contribution is 2.15. The monoisotopic (exact) mass is 428 g/mol. The Morgan fingerprint density at radius 2 is 1.42 bits per heavy atom. The molecule has 0 aliphatic heterocycles. The van der Waals surface area contributed by atoms with Crippen molar-refractivity contribution in [2.45, 2.75) is 12.8 Å². The molecule has 0 saturated carbocycles. The SMILES string of the molecule is C=CC(=O)CCCOCCOCCOOCOc1ccc(C(=O)c2ccccc2)cc1. The Bertz CT molecular complexity index is 787. The number of carbonyl (C=O) groups is 2. The van der Waals surface area contributed by atoms with Crippen LogP contribution in [0, 0.1) is 0 Å². The second kappa shape index (κ2) is 15.0. The van der Waals surface area contributed by atoms with Gasteiger partial charge in [-0.3, -0.25) is 9.59 Å². The van der Waals surface area contributed by atoms with E-state index in [-0.39, 0.29) is 25.0 Å². The summed E-state index contributed by atoms with van der Waals surface area (Å²) < 4.78 is 16.1. The predicted octanol–water partition coefficient (Wildman–Crippen LogP) is 3.77. The topological polar surface area (TPSA) is 80.3 Å². The number of benzene rings is 2. The summed E-state index contributed by atoms with van der Waals surface area (Å²) in [5.74, 6) is 0.549. The summed E-state index contributed by atoms with van der Waals surface area (Å²) in [5, 5.41) is 0. The Kier molecular flexibility index (Phi) is 11.8. The van der Waals surface area contributed by atoms with Gasteiger partial charge in [-0.15, -0.1) is 0 Å². The number of ketones is 2. The van der Waals surface area contributed by atoms with Crippen LogP contribution in [0.25, 0.3) is 0 Å². The summed E-state index contributed by atoms with van der Waals surface area (Å²) in [7, 11) is 0. The molecule has 7 nitrogen and oxygen atoms in total. The summed E-state index contributed by atoms with van der Waals surface area (Å²) in [6.07, 6.45) is 2.45. The van der Waals surface area contributed by atoms with Crippen LogP contribution in [0.2, 0.25) is 0 Å². The highest BCUT2D eigenvalue weighted by atomic mass is 17.2. The lowest BCUT2D eigenvalue weighted by Gasteiger charge is -2.08. The zero-order chi connectivity index (χ0) is 22.2.